The molecule has 0 aromatic heterocycles. The number of piperidine rings is 1. The zero-order valence-electron chi connectivity index (χ0n) is 14.7. The molecule has 5 nitrogen and oxygen atoms in total. The fourth-order valence-corrected chi connectivity index (χ4v) is 3.33. The molecule has 1 heterocycles. The number of hydrogen-bond donors (Lipinski definition) is 1. The number of rotatable bonds is 6. The summed E-state index contributed by atoms with van der Waals surface area (Å²) in [5, 5.41) is 0. The van der Waals surface area contributed by atoms with E-state index in [1.165, 1.54) is 0 Å². The van der Waals surface area contributed by atoms with Crippen molar-refractivity contribution in [2.75, 3.05) is 13.1 Å². The van der Waals surface area contributed by atoms with Gasteiger partial charge in [-0.3, -0.25) is 9.59 Å². The molecule has 0 radical (unpaired) electrons. The molecular weight excluding hydrogens is 328 g/mol. The standard InChI is InChI=1S/C21H24N2O3/c22-19(24)15-16-11-13-23(14-12-16)21(25)20(17-7-3-1-4-8-17)26-18-9-5-2-6-10-18/h1-10,16,20H,11-15H2,(H2,22,24). The van der Waals surface area contributed by atoms with Crippen molar-refractivity contribution in [3.05, 3.63) is 66.2 Å². The summed E-state index contributed by atoms with van der Waals surface area (Å²) in [6.45, 7) is 1.25. The first kappa shape index (κ1) is 18.0. The summed E-state index contributed by atoms with van der Waals surface area (Å²) < 4.78 is 6.04. The monoisotopic (exact) mass is 352 g/mol. The molecule has 1 unspecified atom stereocenters. The SMILES string of the molecule is NC(=O)CC1CCN(C(=O)C(Oc2ccccc2)c2ccccc2)CC1. The predicted octanol–water partition coefficient (Wildman–Crippen LogP) is 2.92. The van der Waals surface area contributed by atoms with Crippen molar-refractivity contribution in [1.82, 2.24) is 4.90 Å². The highest BCUT2D eigenvalue weighted by Crippen LogP contribution is 2.27. The number of hydrogen-bond acceptors (Lipinski definition) is 3. The molecular formula is C21H24N2O3. The van der Waals surface area contributed by atoms with Gasteiger partial charge in [-0.15, -0.1) is 0 Å². The van der Waals surface area contributed by atoms with Crippen LogP contribution in [0.15, 0.2) is 60.7 Å². The average Bonchev–Trinajstić information content (AvgIpc) is 2.67. The minimum Gasteiger partial charge on any atom is -0.476 e. The zero-order valence-corrected chi connectivity index (χ0v) is 14.7. The lowest BCUT2D eigenvalue weighted by Gasteiger charge is -2.34. The van der Waals surface area contributed by atoms with E-state index in [0.29, 0.717) is 25.3 Å². The lowest BCUT2D eigenvalue weighted by Crippen LogP contribution is -2.43. The molecule has 136 valence electrons. The summed E-state index contributed by atoms with van der Waals surface area (Å²) in [5.41, 5.74) is 6.12. The predicted molar refractivity (Wildman–Crippen MR) is 99.4 cm³/mol. The summed E-state index contributed by atoms with van der Waals surface area (Å²) in [7, 11) is 0. The Morgan fingerprint density at radius 3 is 2.15 bits per heavy atom. The lowest BCUT2D eigenvalue weighted by atomic mass is 9.93. The highest BCUT2D eigenvalue weighted by molar-refractivity contribution is 5.83. The van der Waals surface area contributed by atoms with Gasteiger partial charge in [0, 0.05) is 25.1 Å². The second-order valence-electron chi connectivity index (χ2n) is 6.66. The molecule has 2 aromatic carbocycles. The third kappa shape index (κ3) is 4.63. The van der Waals surface area contributed by atoms with Crippen LogP contribution in [-0.4, -0.2) is 29.8 Å². The number of amides is 2. The van der Waals surface area contributed by atoms with Crippen molar-refractivity contribution in [3.63, 3.8) is 0 Å². The molecule has 1 atom stereocenters. The third-order valence-electron chi connectivity index (χ3n) is 4.74. The van der Waals surface area contributed by atoms with E-state index in [1.54, 1.807) is 0 Å². The topological polar surface area (TPSA) is 72.6 Å². The Labute approximate surface area is 153 Å². The molecule has 3 rings (SSSR count). The van der Waals surface area contributed by atoms with E-state index in [-0.39, 0.29) is 17.7 Å². The van der Waals surface area contributed by atoms with Gasteiger partial charge in [-0.25, -0.2) is 0 Å². The molecule has 0 spiro atoms. The molecule has 2 N–H and O–H groups in total. The molecule has 0 aliphatic carbocycles. The van der Waals surface area contributed by atoms with E-state index >= 15 is 0 Å². The molecule has 1 saturated heterocycles. The van der Waals surface area contributed by atoms with Crippen molar-refractivity contribution >= 4 is 11.8 Å². The number of carbonyl (C=O) groups is 2. The van der Waals surface area contributed by atoms with Crippen LogP contribution in [0.3, 0.4) is 0 Å². The Kier molecular flexibility index (Phi) is 5.89. The Morgan fingerprint density at radius 1 is 1.00 bits per heavy atom. The Hall–Kier alpha value is -2.82. The number of carbonyl (C=O) groups excluding carboxylic acids is 2. The maximum atomic E-state index is 13.1. The Bertz CT molecular complexity index is 725. The highest BCUT2D eigenvalue weighted by Gasteiger charge is 2.31. The van der Waals surface area contributed by atoms with Crippen molar-refractivity contribution < 1.29 is 14.3 Å². The minimum absolute atomic E-state index is 0.0439. The van der Waals surface area contributed by atoms with Gasteiger partial charge in [-0.1, -0.05) is 48.5 Å². The van der Waals surface area contributed by atoms with E-state index in [9.17, 15) is 9.59 Å². The van der Waals surface area contributed by atoms with Crippen LogP contribution in [0.25, 0.3) is 0 Å². The highest BCUT2D eigenvalue weighted by atomic mass is 16.5. The zero-order chi connectivity index (χ0) is 18.4. The fraction of sp³-hybridized carbons (Fsp3) is 0.333. The number of nitrogens with two attached hydrogens (primary N) is 1. The van der Waals surface area contributed by atoms with E-state index in [4.69, 9.17) is 10.5 Å². The summed E-state index contributed by atoms with van der Waals surface area (Å²) in [6.07, 6.45) is 1.31. The van der Waals surface area contributed by atoms with Crippen LogP contribution in [0.4, 0.5) is 0 Å². The van der Waals surface area contributed by atoms with Crippen molar-refractivity contribution in [2.24, 2.45) is 11.7 Å². The number of likely N-dealkylation sites (tertiary alicyclic amines) is 1. The minimum atomic E-state index is -0.675. The summed E-state index contributed by atoms with van der Waals surface area (Å²) in [5.74, 6) is 0.613. The number of ether oxygens (including phenoxy) is 1. The smallest absolute Gasteiger partial charge is 0.268 e. The van der Waals surface area contributed by atoms with Crippen LogP contribution in [0.2, 0.25) is 0 Å². The maximum Gasteiger partial charge on any atom is 0.268 e. The van der Waals surface area contributed by atoms with Gasteiger partial charge in [0.15, 0.2) is 0 Å². The molecule has 5 heteroatoms. The van der Waals surface area contributed by atoms with Gasteiger partial charge in [-0.05, 0) is 30.9 Å². The average molecular weight is 352 g/mol. The summed E-state index contributed by atoms with van der Waals surface area (Å²) >= 11 is 0. The number of para-hydroxylation sites is 1. The van der Waals surface area contributed by atoms with Crippen LogP contribution in [0.1, 0.15) is 30.9 Å². The molecule has 2 amide bonds. The molecule has 1 aliphatic rings. The number of primary amides is 1. The van der Waals surface area contributed by atoms with Gasteiger partial charge in [0.05, 0.1) is 0 Å². The van der Waals surface area contributed by atoms with Crippen molar-refractivity contribution in [3.8, 4) is 5.75 Å². The normalized spacial score (nSPS) is 16.1. The lowest BCUT2D eigenvalue weighted by molar-refractivity contribution is -0.140. The fourth-order valence-electron chi connectivity index (χ4n) is 3.33. The first-order valence-electron chi connectivity index (χ1n) is 8.97. The van der Waals surface area contributed by atoms with Crippen LogP contribution in [0.5, 0.6) is 5.75 Å². The van der Waals surface area contributed by atoms with Gasteiger partial charge in [0.25, 0.3) is 5.91 Å². The Balaban J connectivity index is 1.72. The van der Waals surface area contributed by atoms with Crippen LogP contribution in [-0.2, 0) is 9.59 Å². The van der Waals surface area contributed by atoms with E-state index in [1.807, 2.05) is 65.6 Å². The maximum absolute atomic E-state index is 13.1. The van der Waals surface area contributed by atoms with Crippen LogP contribution >= 0.6 is 0 Å². The van der Waals surface area contributed by atoms with E-state index in [0.717, 1.165) is 18.4 Å². The molecule has 26 heavy (non-hydrogen) atoms. The molecule has 2 aromatic rings. The van der Waals surface area contributed by atoms with Crippen molar-refractivity contribution in [2.45, 2.75) is 25.4 Å². The largest absolute Gasteiger partial charge is 0.476 e. The van der Waals surface area contributed by atoms with Gasteiger partial charge in [0.2, 0.25) is 12.0 Å². The third-order valence-corrected chi connectivity index (χ3v) is 4.74. The second kappa shape index (κ2) is 8.52. The van der Waals surface area contributed by atoms with E-state index in [2.05, 4.69) is 0 Å². The number of benzene rings is 2. The quantitative estimate of drug-likeness (QED) is 0.869. The molecule has 1 fully saturated rings. The summed E-state index contributed by atoms with van der Waals surface area (Å²) in [4.78, 5) is 26.1. The van der Waals surface area contributed by atoms with Gasteiger partial charge >= 0.3 is 0 Å². The van der Waals surface area contributed by atoms with Crippen LogP contribution in [0, 0.1) is 5.92 Å². The van der Waals surface area contributed by atoms with Gasteiger partial charge < -0.3 is 15.4 Å². The first-order chi connectivity index (χ1) is 12.6. The first-order valence-corrected chi connectivity index (χ1v) is 8.97. The molecule has 0 bridgehead atoms. The van der Waals surface area contributed by atoms with Crippen molar-refractivity contribution in [1.29, 1.82) is 0 Å². The molecule has 0 saturated carbocycles. The van der Waals surface area contributed by atoms with Gasteiger partial charge in [-0.2, -0.15) is 0 Å². The number of nitrogens with zero attached hydrogens (tertiary/aromatic N) is 1. The summed E-state index contributed by atoms with van der Waals surface area (Å²) in [6, 6.07) is 18.9. The Morgan fingerprint density at radius 2 is 1.58 bits per heavy atom. The van der Waals surface area contributed by atoms with E-state index < -0.39 is 6.10 Å². The second-order valence-corrected chi connectivity index (χ2v) is 6.66. The molecule has 1 aliphatic heterocycles. The van der Waals surface area contributed by atoms with Crippen LogP contribution < -0.4 is 10.5 Å². The van der Waals surface area contributed by atoms with Gasteiger partial charge in [0.1, 0.15) is 5.75 Å².